The summed E-state index contributed by atoms with van der Waals surface area (Å²) >= 11 is 0. The van der Waals surface area contributed by atoms with Crippen molar-refractivity contribution in [1.29, 1.82) is 0 Å². The van der Waals surface area contributed by atoms with Gasteiger partial charge in [-0.15, -0.1) is 0 Å². The van der Waals surface area contributed by atoms with Gasteiger partial charge in [0.15, 0.2) is 0 Å². The fraction of sp³-hybridized carbons (Fsp3) is 0.696. The lowest BCUT2D eigenvalue weighted by Gasteiger charge is -2.33. The monoisotopic (exact) mass is 538 g/mol. The van der Waals surface area contributed by atoms with Crippen LogP contribution in [0, 0.1) is 0 Å². The molecule has 2 aromatic rings. The molecule has 0 aliphatic carbocycles. The normalized spacial score (nSPS) is 18.4. The first-order chi connectivity index (χ1) is 17.1. The number of carbonyl (C=O) groups is 1. The molecule has 0 spiro atoms. The molecule has 8 nitrogen and oxygen atoms in total. The van der Waals surface area contributed by atoms with Gasteiger partial charge in [0, 0.05) is 25.5 Å². The molecule has 0 unspecified atom stereocenters. The van der Waals surface area contributed by atoms with E-state index >= 15 is 0 Å². The summed E-state index contributed by atoms with van der Waals surface area (Å²) in [4.78, 5) is 13.5. The minimum absolute atomic E-state index is 0.0994. The van der Waals surface area contributed by atoms with Crippen LogP contribution in [0.2, 0.25) is 0 Å². The van der Waals surface area contributed by atoms with E-state index in [9.17, 15) is 31.1 Å². The highest BCUT2D eigenvalue weighted by atomic mass is 19.4. The summed E-state index contributed by atoms with van der Waals surface area (Å²) in [5.41, 5.74) is -1.97. The maximum Gasteiger partial charge on any atom is 0.419 e. The molecule has 1 N–H and O–H groups in total. The van der Waals surface area contributed by atoms with Crippen LogP contribution < -0.4 is 5.32 Å². The molecule has 2 aliphatic heterocycles. The van der Waals surface area contributed by atoms with Gasteiger partial charge in [-0.25, -0.2) is 4.79 Å². The number of aromatic nitrogens is 4. The van der Waals surface area contributed by atoms with Crippen molar-refractivity contribution < 1.29 is 35.9 Å². The van der Waals surface area contributed by atoms with Gasteiger partial charge in [0.2, 0.25) is 0 Å². The molecule has 2 saturated heterocycles. The van der Waals surface area contributed by atoms with Crippen LogP contribution in [0.5, 0.6) is 0 Å². The van der Waals surface area contributed by atoms with Crippen LogP contribution in [0.1, 0.15) is 69.7 Å². The van der Waals surface area contributed by atoms with Gasteiger partial charge < -0.3 is 15.0 Å². The molecule has 14 heteroatoms. The van der Waals surface area contributed by atoms with Gasteiger partial charge in [-0.1, -0.05) is 0 Å². The minimum Gasteiger partial charge on any atom is -0.444 e. The zero-order valence-corrected chi connectivity index (χ0v) is 20.9. The maximum absolute atomic E-state index is 12.6. The van der Waals surface area contributed by atoms with E-state index < -0.39 is 29.1 Å². The number of likely N-dealkylation sites (tertiary alicyclic amines) is 1. The molecule has 4 rings (SSSR count). The molecule has 0 bridgehead atoms. The van der Waals surface area contributed by atoms with E-state index in [1.807, 2.05) is 0 Å². The standard InChI is InChI=1S/C14H20F3N3O2.C9H12F3N3/c1-13(2,3)22-12(21)19-6-4-11(5-7-19)20-9-10(8-18-20)14(15,16)17;10-9(11,12)7-5-14-15(6-7)8-1-3-13-4-2-8/h8-9,11H,4-7H2,1-3H3;5-6,8,13H,1-4H2. The minimum atomic E-state index is -4.38. The summed E-state index contributed by atoms with van der Waals surface area (Å²) in [6, 6.07) is -0.0304. The smallest absolute Gasteiger partial charge is 0.419 e. The number of nitrogens with zero attached hydrogens (tertiary/aromatic N) is 5. The number of rotatable bonds is 2. The third-order valence-corrected chi connectivity index (χ3v) is 6.03. The zero-order chi connectivity index (χ0) is 27.4. The number of nitrogens with one attached hydrogen (secondary N) is 1. The zero-order valence-electron chi connectivity index (χ0n) is 20.9. The van der Waals surface area contributed by atoms with E-state index in [0.717, 1.165) is 50.7 Å². The Bertz CT molecular complexity index is 1010. The van der Waals surface area contributed by atoms with E-state index in [4.69, 9.17) is 4.74 Å². The van der Waals surface area contributed by atoms with Crippen LogP contribution >= 0.6 is 0 Å². The molecular formula is C23H32F6N6O2. The van der Waals surface area contributed by atoms with Crippen LogP contribution in [0.4, 0.5) is 31.1 Å². The van der Waals surface area contributed by atoms with Crippen molar-refractivity contribution in [3.63, 3.8) is 0 Å². The van der Waals surface area contributed by atoms with Crippen molar-refractivity contribution in [2.24, 2.45) is 0 Å². The number of piperidine rings is 2. The second-order valence-electron chi connectivity index (χ2n) is 10.1. The first kappa shape index (κ1) is 28.8. The number of hydrogen-bond donors (Lipinski definition) is 1. The van der Waals surface area contributed by atoms with Gasteiger partial charge in [0.05, 0.1) is 35.6 Å². The van der Waals surface area contributed by atoms with E-state index in [-0.39, 0.29) is 18.2 Å². The largest absolute Gasteiger partial charge is 0.444 e. The van der Waals surface area contributed by atoms with Crippen molar-refractivity contribution in [2.75, 3.05) is 26.2 Å². The molecule has 2 aliphatic rings. The highest BCUT2D eigenvalue weighted by molar-refractivity contribution is 5.68. The Morgan fingerprint density at radius 2 is 1.27 bits per heavy atom. The van der Waals surface area contributed by atoms with Gasteiger partial charge in [-0.05, 0) is 59.5 Å². The lowest BCUT2D eigenvalue weighted by Crippen LogP contribution is -2.42. The number of carbonyl (C=O) groups excluding carboxylic acids is 1. The SMILES string of the molecule is CC(C)(C)OC(=O)N1CCC(n2cc(C(F)(F)F)cn2)CC1.FC(F)(F)c1cnn(C2CCNCC2)c1. The molecular weight excluding hydrogens is 506 g/mol. The van der Waals surface area contributed by atoms with Crippen LogP contribution in [-0.2, 0) is 17.1 Å². The first-order valence-corrected chi connectivity index (χ1v) is 12.0. The average Bonchev–Trinajstić information content (AvgIpc) is 3.49. The molecule has 208 valence electrons. The van der Waals surface area contributed by atoms with Gasteiger partial charge in [-0.3, -0.25) is 9.36 Å². The molecule has 37 heavy (non-hydrogen) atoms. The van der Waals surface area contributed by atoms with Crippen molar-refractivity contribution >= 4 is 6.09 Å². The third kappa shape index (κ3) is 8.37. The second kappa shape index (κ2) is 11.3. The highest BCUT2D eigenvalue weighted by Crippen LogP contribution is 2.31. The number of amides is 1. The number of hydrogen-bond acceptors (Lipinski definition) is 5. The van der Waals surface area contributed by atoms with Gasteiger partial charge in [-0.2, -0.15) is 36.5 Å². The first-order valence-electron chi connectivity index (χ1n) is 12.0. The van der Waals surface area contributed by atoms with Crippen LogP contribution in [0.15, 0.2) is 24.8 Å². The lowest BCUT2D eigenvalue weighted by atomic mass is 10.1. The van der Waals surface area contributed by atoms with E-state index in [1.54, 1.807) is 25.7 Å². The number of alkyl halides is 6. The summed E-state index contributed by atoms with van der Waals surface area (Å²) in [5.74, 6) is 0. The highest BCUT2D eigenvalue weighted by Gasteiger charge is 2.34. The Morgan fingerprint density at radius 1 is 0.838 bits per heavy atom. The molecule has 0 saturated carbocycles. The molecule has 2 fully saturated rings. The van der Waals surface area contributed by atoms with Crippen LogP contribution in [0.25, 0.3) is 0 Å². The quantitative estimate of drug-likeness (QED) is 0.526. The predicted molar refractivity (Wildman–Crippen MR) is 122 cm³/mol. The average molecular weight is 539 g/mol. The molecule has 0 aromatic carbocycles. The second-order valence-corrected chi connectivity index (χ2v) is 10.1. The van der Waals surface area contributed by atoms with Gasteiger partial charge in [0.1, 0.15) is 5.60 Å². The molecule has 0 atom stereocenters. The van der Waals surface area contributed by atoms with Crippen molar-refractivity contribution in [1.82, 2.24) is 29.8 Å². The topological polar surface area (TPSA) is 77.2 Å². The van der Waals surface area contributed by atoms with Gasteiger partial charge >= 0.3 is 18.4 Å². The Labute approximate surface area is 210 Å². The Morgan fingerprint density at radius 3 is 1.65 bits per heavy atom. The Kier molecular flexibility index (Phi) is 8.81. The van der Waals surface area contributed by atoms with E-state index in [0.29, 0.717) is 25.9 Å². The number of halogens is 6. The van der Waals surface area contributed by atoms with E-state index in [1.165, 1.54) is 9.36 Å². The molecule has 0 radical (unpaired) electrons. The van der Waals surface area contributed by atoms with Gasteiger partial charge in [0.25, 0.3) is 0 Å². The summed E-state index contributed by atoms with van der Waals surface area (Å²) in [7, 11) is 0. The summed E-state index contributed by atoms with van der Waals surface area (Å²) in [6.07, 6.45) is -2.44. The summed E-state index contributed by atoms with van der Waals surface area (Å²) < 4.78 is 82.7. The molecule has 4 heterocycles. The van der Waals surface area contributed by atoms with Crippen LogP contribution in [0.3, 0.4) is 0 Å². The maximum atomic E-state index is 12.6. The van der Waals surface area contributed by atoms with Crippen molar-refractivity contribution in [3.8, 4) is 0 Å². The van der Waals surface area contributed by atoms with E-state index in [2.05, 4.69) is 15.5 Å². The fourth-order valence-corrected chi connectivity index (χ4v) is 4.08. The molecule has 2 aromatic heterocycles. The number of ether oxygens (including phenoxy) is 1. The van der Waals surface area contributed by atoms with Crippen molar-refractivity contribution in [3.05, 3.63) is 35.9 Å². The Balaban J connectivity index is 0.000000220. The third-order valence-electron chi connectivity index (χ3n) is 6.03. The van der Waals surface area contributed by atoms with Crippen LogP contribution in [-0.4, -0.2) is 62.3 Å². The van der Waals surface area contributed by atoms with Crippen molar-refractivity contribution in [2.45, 2.75) is 76.5 Å². The summed E-state index contributed by atoms with van der Waals surface area (Å²) in [6.45, 7) is 7.94. The Hall–Kier alpha value is -2.77. The lowest BCUT2D eigenvalue weighted by molar-refractivity contribution is -0.138. The predicted octanol–water partition coefficient (Wildman–Crippen LogP) is 5.30. The molecule has 1 amide bonds. The fourth-order valence-electron chi connectivity index (χ4n) is 4.08. The summed E-state index contributed by atoms with van der Waals surface area (Å²) in [5, 5.41) is 10.7.